The smallest absolute Gasteiger partial charge is 0.222 e. The standard InChI is InChI=1S/C17H31NO3/c1-2-3-4-5-6-7-17(19)18-11-8-15(9-12-18)21-16-10-13-20-14-16/h15-16H,2-14H2,1H3/t16-/m0/s1. The summed E-state index contributed by atoms with van der Waals surface area (Å²) in [5.41, 5.74) is 0. The molecule has 0 aromatic heterocycles. The fourth-order valence-electron chi connectivity index (χ4n) is 3.17. The van der Waals surface area contributed by atoms with Crippen LogP contribution in [-0.2, 0) is 14.3 Å². The number of hydrogen-bond donors (Lipinski definition) is 0. The molecule has 2 rings (SSSR count). The summed E-state index contributed by atoms with van der Waals surface area (Å²) in [4.78, 5) is 14.2. The number of piperidine rings is 1. The van der Waals surface area contributed by atoms with Crippen molar-refractivity contribution in [3.8, 4) is 0 Å². The second-order valence-electron chi connectivity index (χ2n) is 6.37. The van der Waals surface area contributed by atoms with Crippen molar-refractivity contribution in [1.29, 1.82) is 0 Å². The van der Waals surface area contributed by atoms with Gasteiger partial charge in [-0.15, -0.1) is 0 Å². The maximum atomic E-state index is 12.1. The van der Waals surface area contributed by atoms with Crippen LogP contribution < -0.4 is 0 Å². The van der Waals surface area contributed by atoms with Crippen molar-refractivity contribution < 1.29 is 14.3 Å². The fraction of sp³-hybridized carbons (Fsp3) is 0.941. The van der Waals surface area contributed by atoms with E-state index in [0.717, 1.165) is 58.4 Å². The summed E-state index contributed by atoms with van der Waals surface area (Å²) in [6.07, 6.45) is 10.4. The van der Waals surface area contributed by atoms with Gasteiger partial charge in [-0.25, -0.2) is 0 Å². The van der Waals surface area contributed by atoms with E-state index in [-0.39, 0.29) is 6.10 Å². The van der Waals surface area contributed by atoms with Gasteiger partial charge in [-0.05, 0) is 25.7 Å². The van der Waals surface area contributed by atoms with E-state index in [0.29, 0.717) is 12.0 Å². The summed E-state index contributed by atoms with van der Waals surface area (Å²) < 4.78 is 11.4. The third-order valence-corrected chi connectivity index (χ3v) is 4.56. The average Bonchev–Trinajstić information content (AvgIpc) is 3.00. The molecule has 2 saturated heterocycles. The minimum absolute atomic E-state index is 0.288. The lowest BCUT2D eigenvalue weighted by atomic mass is 10.1. The molecule has 0 bridgehead atoms. The fourth-order valence-corrected chi connectivity index (χ4v) is 3.17. The maximum absolute atomic E-state index is 12.1. The van der Waals surface area contributed by atoms with Gasteiger partial charge in [0.2, 0.25) is 5.91 Å². The normalized spacial score (nSPS) is 23.7. The molecular weight excluding hydrogens is 266 g/mol. The predicted molar refractivity (Wildman–Crippen MR) is 83.3 cm³/mol. The lowest BCUT2D eigenvalue weighted by molar-refractivity contribution is -0.134. The van der Waals surface area contributed by atoms with Crippen LogP contribution in [0.4, 0.5) is 0 Å². The molecule has 1 amide bonds. The molecule has 2 heterocycles. The first-order valence-electron chi connectivity index (χ1n) is 8.80. The predicted octanol–water partition coefficient (Wildman–Crippen LogP) is 3.14. The van der Waals surface area contributed by atoms with Crippen LogP contribution in [0.5, 0.6) is 0 Å². The Morgan fingerprint density at radius 3 is 2.52 bits per heavy atom. The van der Waals surface area contributed by atoms with Crippen LogP contribution in [0.15, 0.2) is 0 Å². The van der Waals surface area contributed by atoms with Crippen LogP contribution in [0.2, 0.25) is 0 Å². The third-order valence-electron chi connectivity index (χ3n) is 4.56. The van der Waals surface area contributed by atoms with Gasteiger partial charge < -0.3 is 14.4 Å². The van der Waals surface area contributed by atoms with Crippen LogP contribution in [0.3, 0.4) is 0 Å². The second kappa shape index (κ2) is 9.42. The van der Waals surface area contributed by atoms with Gasteiger partial charge in [-0.3, -0.25) is 4.79 Å². The molecule has 2 aliphatic heterocycles. The number of nitrogens with zero attached hydrogens (tertiary/aromatic N) is 1. The first kappa shape index (κ1) is 16.8. The molecule has 21 heavy (non-hydrogen) atoms. The molecule has 0 saturated carbocycles. The lowest BCUT2D eigenvalue weighted by Crippen LogP contribution is -2.41. The van der Waals surface area contributed by atoms with Crippen LogP contribution in [-0.4, -0.2) is 49.3 Å². The van der Waals surface area contributed by atoms with Gasteiger partial charge >= 0.3 is 0 Å². The van der Waals surface area contributed by atoms with Crippen molar-refractivity contribution >= 4 is 5.91 Å². The zero-order chi connectivity index (χ0) is 14.9. The van der Waals surface area contributed by atoms with Gasteiger partial charge in [0.05, 0.1) is 18.8 Å². The summed E-state index contributed by atoms with van der Waals surface area (Å²) in [6.45, 7) is 5.53. The summed E-state index contributed by atoms with van der Waals surface area (Å²) in [7, 11) is 0. The molecule has 0 aliphatic carbocycles. The van der Waals surface area contributed by atoms with Gasteiger partial charge in [0.15, 0.2) is 0 Å². The van der Waals surface area contributed by atoms with Crippen molar-refractivity contribution in [1.82, 2.24) is 4.90 Å². The number of carbonyl (C=O) groups excluding carboxylic acids is 1. The minimum Gasteiger partial charge on any atom is -0.379 e. The Kier molecular flexibility index (Phi) is 7.51. The van der Waals surface area contributed by atoms with Gasteiger partial charge in [0.25, 0.3) is 0 Å². The van der Waals surface area contributed by atoms with Crippen LogP contribution in [0, 0.1) is 0 Å². The molecule has 1 atom stereocenters. The van der Waals surface area contributed by atoms with E-state index in [1.165, 1.54) is 25.7 Å². The molecule has 2 fully saturated rings. The highest BCUT2D eigenvalue weighted by Crippen LogP contribution is 2.20. The van der Waals surface area contributed by atoms with E-state index >= 15 is 0 Å². The molecule has 0 radical (unpaired) electrons. The second-order valence-corrected chi connectivity index (χ2v) is 6.37. The summed E-state index contributed by atoms with van der Waals surface area (Å²) in [6, 6.07) is 0. The summed E-state index contributed by atoms with van der Waals surface area (Å²) in [5, 5.41) is 0. The monoisotopic (exact) mass is 297 g/mol. The molecule has 0 unspecified atom stereocenters. The third kappa shape index (κ3) is 5.95. The van der Waals surface area contributed by atoms with E-state index < -0.39 is 0 Å². The van der Waals surface area contributed by atoms with Crippen molar-refractivity contribution in [2.45, 2.75) is 76.9 Å². The highest BCUT2D eigenvalue weighted by atomic mass is 16.5. The van der Waals surface area contributed by atoms with E-state index in [1.54, 1.807) is 0 Å². The zero-order valence-electron chi connectivity index (χ0n) is 13.5. The number of unbranched alkanes of at least 4 members (excludes halogenated alkanes) is 4. The van der Waals surface area contributed by atoms with Gasteiger partial charge in [-0.2, -0.15) is 0 Å². The number of ether oxygens (including phenoxy) is 2. The van der Waals surface area contributed by atoms with Crippen LogP contribution in [0.25, 0.3) is 0 Å². The number of carbonyl (C=O) groups is 1. The van der Waals surface area contributed by atoms with Crippen molar-refractivity contribution in [3.05, 3.63) is 0 Å². The quantitative estimate of drug-likeness (QED) is 0.646. The summed E-state index contributed by atoms with van der Waals surface area (Å²) >= 11 is 0. The van der Waals surface area contributed by atoms with E-state index in [2.05, 4.69) is 6.92 Å². The first-order chi connectivity index (χ1) is 10.3. The average molecular weight is 297 g/mol. The van der Waals surface area contributed by atoms with Crippen LogP contribution >= 0.6 is 0 Å². The molecule has 0 aromatic carbocycles. The van der Waals surface area contributed by atoms with Crippen molar-refractivity contribution in [2.24, 2.45) is 0 Å². The number of likely N-dealkylation sites (tertiary alicyclic amines) is 1. The Morgan fingerprint density at radius 2 is 1.86 bits per heavy atom. The van der Waals surface area contributed by atoms with Gasteiger partial charge in [0.1, 0.15) is 0 Å². The van der Waals surface area contributed by atoms with E-state index in [9.17, 15) is 4.79 Å². The minimum atomic E-state index is 0.288. The van der Waals surface area contributed by atoms with E-state index in [1.807, 2.05) is 4.90 Å². The molecule has 2 aliphatic rings. The molecule has 0 aromatic rings. The zero-order valence-corrected chi connectivity index (χ0v) is 13.5. The van der Waals surface area contributed by atoms with Crippen molar-refractivity contribution in [2.75, 3.05) is 26.3 Å². The SMILES string of the molecule is CCCCCCCC(=O)N1CCC(O[C@H]2CCOC2)CC1. The molecule has 122 valence electrons. The molecule has 0 N–H and O–H groups in total. The topological polar surface area (TPSA) is 38.8 Å². The molecule has 4 heteroatoms. The number of amides is 1. The number of hydrogen-bond acceptors (Lipinski definition) is 3. The van der Waals surface area contributed by atoms with Gasteiger partial charge in [0, 0.05) is 26.1 Å². The Balaban J connectivity index is 1.56. The summed E-state index contributed by atoms with van der Waals surface area (Å²) in [5.74, 6) is 0.342. The first-order valence-corrected chi connectivity index (χ1v) is 8.80. The Hall–Kier alpha value is -0.610. The lowest BCUT2D eigenvalue weighted by Gasteiger charge is -2.33. The van der Waals surface area contributed by atoms with Crippen LogP contribution in [0.1, 0.15) is 64.7 Å². The van der Waals surface area contributed by atoms with Gasteiger partial charge in [-0.1, -0.05) is 32.6 Å². The number of rotatable bonds is 8. The Morgan fingerprint density at radius 1 is 1.10 bits per heavy atom. The maximum Gasteiger partial charge on any atom is 0.222 e. The Bertz CT molecular complexity index is 294. The largest absolute Gasteiger partial charge is 0.379 e. The molecule has 0 spiro atoms. The highest BCUT2D eigenvalue weighted by Gasteiger charge is 2.26. The molecule has 4 nitrogen and oxygen atoms in total. The Labute approximate surface area is 129 Å². The van der Waals surface area contributed by atoms with Crippen molar-refractivity contribution in [3.63, 3.8) is 0 Å². The molecular formula is C17H31NO3. The highest BCUT2D eigenvalue weighted by molar-refractivity contribution is 5.76. The van der Waals surface area contributed by atoms with E-state index in [4.69, 9.17) is 9.47 Å².